The molecule has 3 aromatic carbocycles. The number of amides is 1. The number of carbonyl (C=O) groups is 1. The van der Waals surface area contributed by atoms with Crippen molar-refractivity contribution in [2.75, 3.05) is 37.6 Å². The highest BCUT2D eigenvalue weighted by Gasteiger charge is 2.20. The van der Waals surface area contributed by atoms with Crippen LogP contribution in [0.1, 0.15) is 29.2 Å². The zero-order chi connectivity index (χ0) is 22.9. The first-order valence-corrected chi connectivity index (χ1v) is 11.6. The molecule has 1 heterocycles. The highest BCUT2D eigenvalue weighted by atomic mass is 16.2. The summed E-state index contributed by atoms with van der Waals surface area (Å²) in [6, 6.07) is 30.4. The van der Waals surface area contributed by atoms with Crippen LogP contribution in [-0.4, -0.2) is 43.5 Å². The molecule has 1 N–H and O–H groups in total. The van der Waals surface area contributed by atoms with Gasteiger partial charge in [-0.15, -0.1) is 0 Å². The Morgan fingerprint density at radius 3 is 2.27 bits per heavy atom. The average Bonchev–Trinajstić information content (AvgIpc) is 3.10. The van der Waals surface area contributed by atoms with Gasteiger partial charge in [-0.3, -0.25) is 9.69 Å². The molecule has 0 bridgehead atoms. The number of rotatable bonds is 7. The third-order valence-electron chi connectivity index (χ3n) is 6.14. The van der Waals surface area contributed by atoms with E-state index in [4.69, 9.17) is 5.26 Å². The number of anilines is 1. The minimum Gasteiger partial charge on any atom is -0.370 e. The van der Waals surface area contributed by atoms with Crippen molar-refractivity contribution in [2.24, 2.45) is 0 Å². The van der Waals surface area contributed by atoms with Crippen LogP contribution < -0.4 is 10.2 Å². The van der Waals surface area contributed by atoms with Gasteiger partial charge in [0.25, 0.3) is 0 Å². The van der Waals surface area contributed by atoms with Crippen LogP contribution in [0.5, 0.6) is 0 Å². The maximum absolute atomic E-state index is 13.0. The average molecular weight is 439 g/mol. The molecule has 0 saturated carbocycles. The van der Waals surface area contributed by atoms with Crippen LogP contribution in [0.2, 0.25) is 0 Å². The first-order valence-electron chi connectivity index (χ1n) is 11.6. The van der Waals surface area contributed by atoms with Crippen molar-refractivity contribution in [3.8, 4) is 6.07 Å². The van der Waals surface area contributed by atoms with Gasteiger partial charge in [-0.2, -0.15) is 5.26 Å². The number of hydrogen-bond acceptors (Lipinski definition) is 4. The molecule has 0 aromatic heterocycles. The quantitative estimate of drug-likeness (QED) is 0.602. The number of nitrogens with one attached hydrogen (secondary N) is 1. The van der Waals surface area contributed by atoms with Crippen molar-refractivity contribution >= 4 is 11.6 Å². The highest BCUT2D eigenvalue weighted by Crippen LogP contribution is 2.19. The van der Waals surface area contributed by atoms with Gasteiger partial charge in [-0.25, -0.2) is 0 Å². The Labute approximate surface area is 196 Å². The predicted octanol–water partition coefficient (Wildman–Crippen LogP) is 4.17. The molecule has 1 aliphatic heterocycles. The molecule has 1 saturated heterocycles. The molecule has 0 radical (unpaired) electrons. The Morgan fingerprint density at radius 2 is 1.58 bits per heavy atom. The number of nitrogens with zero attached hydrogens (tertiary/aromatic N) is 3. The second kappa shape index (κ2) is 11.3. The van der Waals surface area contributed by atoms with Gasteiger partial charge >= 0.3 is 0 Å². The Bertz CT molecular complexity index is 1060. The van der Waals surface area contributed by atoms with Gasteiger partial charge in [0, 0.05) is 31.9 Å². The molecule has 5 heteroatoms. The second-order valence-electron chi connectivity index (χ2n) is 8.50. The van der Waals surface area contributed by atoms with E-state index in [2.05, 4.69) is 45.5 Å². The lowest BCUT2D eigenvalue weighted by atomic mass is 9.99. The van der Waals surface area contributed by atoms with Crippen LogP contribution in [0.25, 0.3) is 0 Å². The molecule has 1 atom stereocenters. The van der Waals surface area contributed by atoms with Crippen LogP contribution in [0.3, 0.4) is 0 Å². The first kappa shape index (κ1) is 22.6. The fraction of sp³-hybridized carbons (Fsp3) is 0.286. The zero-order valence-corrected chi connectivity index (χ0v) is 18.9. The number of carbonyl (C=O) groups excluding carboxylic acids is 1. The molecule has 1 aliphatic rings. The monoisotopic (exact) mass is 438 g/mol. The van der Waals surface area contributed by atoms with Gasteiger partial charge in [0.05, 0.1) is 24.2 Å². The largest absolute Gasteiger partial charge is 0.370 e. The van der Waals surface area contributed by atoms with Crippen molar-refractivity contribution in [3.63, 3.8) is 0 Å². The van der Waals surface area contributed by atoms with Crippen molar-refractivity contribution in [1.29, 1.82) is 5.26 Å². The van der Waals surface area contributed by atoms with Crippen molar-refractivity contribution in [2.45, 2.75) is 18.9 Å². The van der Waals surface area contributed by atoms with E-state index >= 15 is 0 Å². The summed E-state index contributed by atoms with van der Waals surface area (Å²) in [6.07, 6.45) is 1.77. The molecule has 1 amide bonds. The van der Waals surface area contributed by atoms with Crippen LogP contribution in [0.15, 0.2) is 84.9 Å². The summed E-state index contributed by atoms with van der Waals surface area (Å²) in [6.45, 7) is 3.95. The van der Waals surface area contributed by atoms with Crippen molar-refractivity contribution < 1.29 is 4.79 Å². The second-order valence-corrected chi connectivity index (χ2v) is 8.50. The fourth-order valence-electron chi connectivity index (χ4n) is 4.36. The maximum Gasteiger partial charge on any atom is 0.234 e. The normalized spacial score (nSPS) is 15.3. The van der Waals surface area contributed by atoms with Crippen molar-refractivity contribution in [3.05, 3.63) is 102 Å². The summed E-state index contributed by atoms with van der Waals surface area (Å²) in [7, 11) is 0. The minimum absolute atomic E-state index is 0.0526. The van der Waals surface area contributed by atoms with E-state index in [-0.39, 0.29) is 11.9 Å². The summed E-state index contributed by atoms with van der Waals surface area (Å²) >= 11 is 0. The Kier molecular flexibility index (Phi) is 7.73. The predicted molar refractivity (Wildman–Crippen MR) is 132 cm³/mol. The summed E-state index contributed by atoms with van der Waals surface area (Å²) in [4.78, 5) is 17.6. The molecular formula is C28H30N4O. The third-order valence-corrected chi connectivity index (χ3v) is 6.14. The van der Waals surface area contributed by atoms with Gasteiger partial charge in [-0.1, -0.05) is 60.7 Å². The smallest absolute Gasteiger partial charge is 0.234 e. The highest BCUT2D eigenvalue weighted by molar-refractivity contribution is 5.78. The van der Waals surface area contributed by atoms with E-state index in [1.165, 1.54) is 5.56 Å². The molecule has 3 aromatic rings. The van der Waals surface area contributed by atoms with E-state index in [9.17, 15) is 4.79 Å². The summed E-state index contributed by atoms with van der Waals surface area (Å²) in [5.41, 5.74) is 4.14. The Hall–Kier alpha value is -3.62. The standard InChI is InChI=1S/C28H30N4O/c29-21-24-12-14-26(15-13-24)32-17-7-16-31(18-19-32)22-28(33)30-27(25-10-5-2-6-11-25)20-23-8-3-1-4-9-23/h1-6,8-15,27H,7,16-20,22H2,(H,30,33). The Balaban J connectivity index is 1.35. The van der Waals surface area contributed by atoms with Gasteiger partial charge in [0.2, 0.25) is 5.91 Å². The maximum atomic E-state index is 13.0. The topological polar surface area (TPSA) is 59.4 Å². The molecule has 5 nitrogen and oxygen atoms in total. The lowest BCUT2D eigenvalue weighted by molar-refractivity contribution is -0.123. The van der Waals surface area contributed by atoms with Crippen LogP contribution >= 0.6 is 0 Å². The molecule has 168 valence electrons. The first-order chi connectivity index (χ1) is 16.2. The van der Waals surface area contributed by atoms with Crippen LogP contribution in [-0.2, 0) is 11.2 Å². The summed E-state index contributed by atoms with van der Waals surface area (Å²) in [5.74, 6) is 0.0617. The fourth-order valence-corrected chi connectivity index (χ4v) is 4.36. The summed E-state index contributed by atoms with van der Waals surface area (Å²) in [5, 5.41) is 12.3. The zero-order valence-electron chi connectivity index (χ0n) is 18.9. The van der Waals surface area contributed by atoms with E-state index in [0.717, 1.165) is 50.3 Å². The molecule has 0 spiro atoms. The van der Waals surface area contributed by atoms with Crippen LogP contribution in [0, 0.1) is 11.3 Å². The SMILES string of the molecule is N#Cc1ccc(N2CCCN(CC(=O)NC(Cc3ccccc3)c3ccccc3)CC2)cc1. The van der Waals surface area contributed by atoms with Gasteiger partial charge < -0.3 is 10.2 Å². The lowest BCUT2D eigenvalue weighted by Gasteiger charge is -2.25. The minimum atomic E-state index is -0.0526. The van der Waals surface area contributed by atoms with E-state index < -0.39 is 0 Å². The summed E-state index contributed by atoms with van der Waals surface area (Å²) < 4.78 is 0. The van der Waals surface area contributed by atoms with E-state index in [1.807, 2.05) is 60.7 Å². The van der Waals surface area contributed by atoms with Gasteiger partial charge in [0.1, 0.15) is 0 Å². The number of hydrogen-bond donors (Lipinski definition) is 1. The lowest BCUT2D eigenvalue weighted by Crippen LogP contribution is -2.41. The van der Waals surface area contributed by atoms with Crippen LogP contribution in [0.4, 0.5) is 5.69 Å². The van der Waals surface area contributed by atoms with Gasteiger partial charge in [0.15, 0.2) is 0 Å². The number of nitriles is 1. The molecular weight excluding hydrogens is 408 g/mol. The van der Waals surface area contributed by atoms with Crippen molar-refractivity contribution in [1.82, 2.24) is 10.2 Å². The van der Waals surface area contributed by atoms with E-state index in [0.29, 0.717) is 12.1 Å². The molecule has 33 heavy (non-hydrogen) atoms. The molecule has 0 aliphatic carbocycles. The van der Waals surface area contributed by atoms with E-state index in [1.54, 1.807) is 0 Å². The number of benzene rings is 3. The van der Waals surface area contributed by atoms with Gasteiger partial charge in [-0.05, 0) is 48.2 Å². The third kappa shape index (κ3) is 6.44. The molecule has 4 rings (SSSR count). The molecule has 1 fully saturated rings. The Morgan fingerprint density at radius 1 is 0.879 bits per heavy atom. The molecule has 1 unspecified atom stereocenters.